The Balaban J connectivity index is 0.744. The van der Waals surface area contributed by atoms with E-state index in [-0.39, 0.29) is 75.2 Å². The first kappa shape index (κ1) is 75.9. The van der Waals surface area contributed by atoms with Crippen molar-refractivity contribution >= 4 is 23.6 Å². The van der Waals surface area contributed by atoms with Crippen molar-refractivity contribution in [2.45, 2.75) is 226 Å². The fourth-order valence-corrected chi connectivity index (χ4v) is 15.1. The van der Waals surface area contributed by atoms with Crippen LogP contribution in [0, 0.1) is 35.3 Å². The molecular weight excluding hydrogens is 1330 g/mol. The number of rotatable bonds is 27. The predicted molar refractivity (Wildman–Crippen MR) is 346 cm³/mol. The number of nitrogens with one attached hydrogen (secondary N) is 3. The predicted octanol–water partition coefficient (Wildman–Crippen LogP) is -0.318. The smallest absolute Gasteiger partial charge is 0.251 e. The van der Waals surface area contributed by atoms with Crippen molar-refractivity contribution in [2.75, 3.05) is 52.6 Å². The summed E-state index contributed by atoms with van der Waals surface area (Å²) in [4.78, 5) is 57.6. The second-order valence-corrected chi connectivity index (χ2v) is 27.7. The fraction of sp³-hybridized carbons (Fsp3) is 0.706. The average Bonchev–Trinajstić information content (AvgIpc) is 1.76. The zero-order valence-electron chi connectivity index (χ0n) is 56.7. The molecule has 2 aromatic carbocycles. The van der Waals surface area contributed by atoms with Crippen molar-refractivity contribution in [3.05, 3.63) is 72.6 Å². The third-order valence-electron chi connectivity index (χ3n) is 20.8. The molecule has 11 rings (SSSR count). The zero-order valence-corrected chi connectivity index (χ0v) is 56.7. The van der Waals surface area contributed by atoms with Crippen LogP contribution >= 0.6 is 0 Å². The molecule has 15 unspecified atom stereocenters. The number of benzene rings is 2. The summed E-state index contributed by atoms with van der Waals surface area (Å²) in [6.45, 7) is 4.15. The topological polar surface area (TPSA) is 425 Å². The normalized spacial score (nSPS) is 35.1. The van der Waals surface area contributed by atoms with Gasteiger partial charge in [-0.05, 0) is 81.5 Å². The van der Waals surface area contributed by atoms with Crippen LogP contribution < -0.4 is 16.0 Å². The van der Waals surface area contributed by atoms with Crippen LogP contribution in [0.5, 0.6) is 0 Å². The van der Waals surface area contributed by atoms with E-state index >= 15 is 0 Å². The SMILES string of the molecule is CCC1CC(C(=O)NCCOCCNC(=O)C2CC(n3cc(-c4cccc(F)c4)nn3)C(O)[C@H](O[C@@H]3OC(CO)[C@H](O)C(n4cc(-c5cccc(F)c5)nn4)C3O)C2)C[C@@H](O[C@@H]2OC(CO)[C@H](O)C(O[C@@H](CC3CCCCC3)C(=O)N3CCC3)C2NC(C)=O)C1O[C@@H]1OC(C)[C@@H](O)C(O)C1O. The van der Waals surface area contributed by atoms with Crippen LogP contribution in [0.4, 0.5) is 8.78 Å². The molecule has 4 aliphatic heterocycles. The van der Waals surface area contributed by atoms with E-state index in [9.17, 15) is 73.9 Å². The third-order valence-corrected chi connectivity index (χ3v) is 20.8. The summed E-state index contributed by atoms with van der Waals surface area (Å²) in [5, 5.41) is 126. The quantitative estimate of drug-likeness (QED) is 0.0340. The first-order valence-electron chi connectivity index (χ1n) is 35.2. The molecule has 0 radical (unpaired) electrons. The molecule has 33 heteroatoms. The number of halogens is 2. The second kappa shape index (κ2) is 34.6. The number of carbonyl (C=O) groups is 4. The van der Waals surface area contributed by atoms with E-state index in [1.165, 1.54) is 67.3 Å². The Kier molecular flexibility index (Phi) is 26.0. The van der Waals surface area contributed by atoms with E-state index in [1.54, 1.807) is 17.0 Å². The second-order valence-electron chi connectivity index (χ2n) is 27.7. The van der Waals surface area contributed by atoms with Gasteiger partial charge in [-0.3, -0.25) is 19.2 Å². The minimum Gasteiger partial charge on any atom is -0.394 e. The highest BCUT2D eigenvalue weighted by Crippen LogP contribution is 2.42. The van der Waals surface area contributed by atoms with Crippen LogP contribution in [0.15, 0.2) is 60.9 Å². The highest BCUT2D eigenvalue weighted by Gasteiger charge is 2.55. The number of hydrogen-bond acceptors (Lipinski definition) is 25. The van der Waals surface area contributed by atoms with Crippen LogP contribution in [-0.2, 0) is 57.1 Å². The van der Waals surface area contributed by atoms with Crippen LogP contribution in [-0.4, -0.2) is 274 Å². The Morgan fingerprint density at radius 2 is 1.23 bits per heavy atom. The van der Waals surface area contributed by atoms with Gasteiger partial charge < -0.3 is 105 Å². The molecule has 3 aliphatic carbocycles. The maximum atomic E-state index is 14.4. The van der Waals surface area contributed by atoms with E-state index in [4.69, 9.17) is 37.9 Å². The Morgan fingerprint density at radius 3 is 1.83 bits per heavy atom. The first-order valence-corrected chi connectivity index (χ1v) is 35.2. The number of aromatic nitrogens is 6. The molecule has 558 valence electrons. The molecule has 7 aliphatic rings. The van der Waals surface area contributed by atoms with Crippen LogP contribution in [0.3, 0.4) is 0 Å². The van der Waals surface area contributed by atoms with Crippen molar-refractivity contribution in [1.29, 1.82) is 0 Å². The molecule has 4 amide bonds. The molecule has 101 heavy (non-hydrogen) atoms. The number of ether oxygens (including phenoxy) is 8. The van der Waals surface area contributed by atoms with Crippen molar-refractivity contribution < 1.29 is 112 Å². The van der Waals surface area contributed by atoms with Gasteiger partial charge in [0, 0.05) is 56.1 Å². The molecule has 3 saturated carbocycles. The summed E-state index contributed by atoms with van der Waals surface area (Å²) in [5.74, 6) is -4.80. The van der Waals surface area contributed by atoms with Crippen LogP contribution in [0.25, 0.3) is 22.5 Å². The lowest BCUT2D eigenvalue weighted by Crippen LogP contribution is -2.67. The molecule has 2 aromatic heterocycles. The molecule has 4 saturated heterocycles. The van der Waals surface area contributed by atoms with Gasteiger partial charge in [-0.1, -0.05) is 80.1 Å². The van der Waals surface area contributed by atoms with E-state index in [2.05, 4.69) is 36.6 Å². The van der Waals surface area contributed by atoms with E-state index in [1.807, 2.05) is 6.92 Å². The number of likely N-dealkylation sites (tertiary alicyclic amines) is 1. The van der Waals surface area contributed by atoms with Gasteiger partial charge in [0.1, 0.15) is 102 Å². The monoisotopic (exact) mass is 1430 g/mol. The molecule has 7 fully saturated rings. The van der Waals surface area contributed by atoms with Gasteiger partial charge in [0.05, 0.1) is 69.3 Å². The van der Waals surface area contributed by atoms with Crippen LogP contribution in [0.2, 0.25) is 0 Å². The zero-order chi connectivity index (χ0) is 71.8. The van der Waals surface area contributed by atoms with Gasteiger partial charge in [-0.25, -0.2) is 18.1 Å². The molecule has 0 bridgehead atoms. The lowest BCUT2D eigenvalue weighted by atomic mass is 9.75. The molecule has 4 aromatic rings. The van der Waals surface area contributed by atoms with Crippen molar-refractivity contribution in [1.82, 2.24) is 50.8 Å². The number of aliphatic hydroxyl groups is 9. The maximum absolute atomic E-state index is 14.4. The van der Waals surface area contributed by atoms with E-state index in [0.717, 1.165) is 43.2 Å². The van der Waals surface area contributed by atoms with Crippen molar-refractivity contribution in [3.63, 3.8) is 0 Å². The Labute approximate surface area is 582 Å². The maximum Gasteiger partial charge on any atom is 0.251 e. The minimum atomic E-state index is -1.73. The summed E-state index contributed by atoms with van der Waals surface area (Å²) < 4.78 is 81.5. The van der Waals surface area contributed by atoms with Gasteiger partial charge in [-0.2, -0.15) is 0 Å². The summed E-state index contributed by atoms with van der Waals surface area (Å²) in [6, 6.07) is 7.53. The van der Waals surface area contributed by atoms with E-state index < -0.39 is 189 Å². The highest BCUT2D eigenvalue weighted by molar-refractivity contribution is 5.82. The minimum absolute atomic E-state index is 0.00125. The Morgan fingerprint density at radius 1 is 0.644 bits per heavy atom. The Hall–Kier alpha value is -6.22. The van der Waals surface area contributed by atoms with E-state index in [0.29, 0.717) is 37.1 Å². The average molecular weight is 1430 g/mol. The molecule has 0 spiro atoms. The standard InChI is InChI=1S/C68H96F2N10O21/c1-4-37-24-40(29-48(61(37)101-68-60(90)59(89)54(84)34(2)95-68)98-66-52(73-35(3)83)62(57(87)51(33-82)99-66)96-49(65(93)78-19-10-20-78)23-36-11-6-5-7-12-36)63(91)71-17-21-94-22-18-72-64(92)41-27-46(79-30-44(74-76-79)38-13-8-15-42(69)25-38)55(85)47(28-41)97-67-58(88)53(56(86)50(32-81)100-67)80-31-45(75-77-80)39-14-9-16-43(70)26-39/h8-9,13-16,25-26,30-31,34,36-37,40-41,46-62,66-68,81-82,84-90H,4-7,10-12,17-24,27-29,32-33H2,1-3H3,(H,71,91)(H,72,92)(H,73,83)/t34?,37?,40?,41?,46?,47-,48-,49+,50?,51?,52?,53?,54-,55?,56+,57+,58?,59?,60?,61?,62?,66-,67-,68+/m1/s1. The number of nitrogens with zero attached hydrogens (tertiary/aromatic N) is 7. The highest BCUT2D eigenvalue weighted by atomic mass is 19.1. The number of hydrogen-bond donors (Lipinski definition) is 12. The molecule has 31 nitrogen and oxygen atoms in total. The fourth-order valence-electron chi connectivity index (χ4n) is 15.1. The largest absolute Gasteiger partial charge is 0.394 e. The van der Waals surface area contributed by atoms with Gasteiger partial charge >= 0.3 is 0 Å². The third kappa shape index (κ3) is 18.0. The van der Waals surface area contributed by atoms with Gasteiger partial charge in [-0.15, -0.1) is 10.2 Å². The van der Waals surface area contributed by atoms with Crippen LogP contribution in [0.1, 0.15) is 110 Å². The first-order chi connectivity index (χ1) is 48.6. The Bertz CT molecular complexity index is 3370. The lowest BCUT2D eigenvalue weighted by Gasteiger charge is -2.49. The van der Waals surface area contributed by atoms with Crippen molar-refractivity contribution in [2.24, 2.45) is 23.7 Å². The summed E-state index contributed by atoms with van der Waals surface area (Å²) in [7, 11) is 0. The molecule has 6 heterocycles. The summed E-state index contributed by atoms with van der Waals surface area (Å²) in [6.07, 6.45) is -16.0. The van der Waals surface area contributed by atoms with Crippen molar-refractivity contribution in [3.8, 4) is 22.5 Å². The number of carbonyl (C=O) groups excluding carboxylic acids is 4. The van der Waals surface area contributed by atoms with Gasteiger partial charge in [0.25, 0.3) is 5.91 Å². The van der Waals surface area contributed by atoms with Gasteiger partial charge in [0.15, 0.2) is 18.9 Å². The number of aliphatic hydroxyl groups excluding tert-OH is 9. The summed E-state index contributed by atoms with van der Waals surface area (Å²) in [5.41, 5.74) is 1.20. The lowest BCUT2D eigenvalue weighted by molar-refractivity contribution is -0.338. The van der Waals surface area contributed by atoms with Gasteiger partial charge in [0.2, 0.25) is 17.7 Å². The number of amides is 4. The molecule has 24 atom stereocenters. The molecule has 12 N–H and O–H groups in total. The summed E-state index contributed by atoms with van der Waals surface area (Å²) >= 11 is 0. The molecular formula is C68H96F2N10O21.